The molecule has 1 aromatic carbocycles. The van der Waals surface area contributed by atoms with Crippen molar-refractivity contribution in [1.29, 1.82) is 0 Å². The normalized spacial score (nSPS) is 16.1. The van der Waals surface area contributed by atoms with Gasteiger partial charge in [0.15, 0.2) is 0 Å². The van der Waals surface area contributed by atoms with Crippen molar-refractivity contribution in [3.8, 4) is 5.75 Å². The third kappa shape index (κ3) is 4.18. The topological polar surface area (TPSA) is 44.5 Å². The minimum absolute atomic E-state index is 0.404. The molecule has 0 spiro atoms. The van der Waals surface area contributed by atoms with Crippen LogP contribution >= 0.6 is 12.2 Å². The van der Waals surface area contributed by atoms with E-state index in [2.05, 4.69) is 0 Å². The minimum atomic E-state index is 0.404. The summed E-state index contributed by atoms with van der Waals surface area (Å²) in [6.07, 6.45) is 6.65. The van der Waals surface area contributed by atoms with Gasteiger partial charge >= 0.3 is 0 Å². The van der Waals surface area contributed by atoms with Crippen LogP contribution in [-0.2, 0) is 11.3 Å². The maximum Gasteiger partial charge on any atom is 0.124 e. The SMILES string of the molecule is COc1ccc(C(N)=S)cc1COCC1CCCCC1. The van der Waals surface area contributed by atoms with E-state index >= 15 is 0 Å². The molecule has 0 amide bonds. The summed E-state index contributed by atoms with van der Waals surface area (Å²) in [5.74, 6) is 1.54. The molecule has 4 heteroatoms. The molecule has 0 unspecified atom stereocenters. The van der Waals surface area contributed by atoms with Gasteiger partial charge in [-0.25, -0.2) is 0 Å². The molecule has 110 valence electrons. The number of nitrogens with two attached hydrogens (primary N) is 1. The molecule has 0 saturated heterocycles. The van der Waals surface area contributed by atoms with Gasteiger partial charge in [-0.2, -0.15) is 0 Å². The maximum atomic E-state index is 5.87. The Balaban J connectivity index is 1.93. The smallest absolute Gasteiger partial charge is 0.124 e. The monoisotopic (exact) mass is 293 g/mol. The van der Waals surface area contributed by atoms with E-state index in [1.54, 1.807) is 7.11 Å². The minimum Gasteiger partial charge on any atom is -0.496 e. The number of methoxy groups -OCH3 is 1. The Bertz CT molecular complexity index is 456. The quantitative estimate of drug-likeness (QED) is 0.816. The summed E-state index contributed by atoms with van der Waals surface area (Å²) >= 11 is 5.01. The average molecular weight is 293 g/mol. The fraction of sp³-hybridized carbons (Fsp3) is 0.562. The van der Waals surface area contributed by atoms with Crippen molar-refractivity contribution in [1.82, 2.24) is 0 Å². The highest BCUT2D eigenvalue weighted by Crippen LogP contribution is 2.25. The van der Waals surface area contributed by atoms with Crippen molar-refractivity contribution >= 4 is 17.2 Å². The molecule has 0 aliphatic heterocycles. The molecule has 2 N–H and O–H groups in total. The Labute approximate surface area is 126 Å². The summed E-state index contributed by atoms with van der Waals surface area (Å²) in [6.45, 7) is 1.39. The Hall–Kier alpha value is -1.13. The third-order valence-electron chi connectivity index (χ3n) is 3.90. The van der Waals surface area contributed by atoms with E-state index in [9.17, 15) is 0 Å². The van der Waals surface area contributed by atoms with Crippen LogP contribution in [0.4, 0.5) is 0 Å². The second-order valence-electron chi connectivity index (χ2n) is 5.41. The number of thiocarbonyl (C=S) groups is 1. The highest BCUT2D eigenvalue weighted by Gasteiger charge is 2.14. The number of hydrogen-bond acceptors (Lipinski definition) is 3. The summed E-state index contributed by atoms with van der Waals surface area (Å²) < 4.78 is 11.2. The zero-order valence-electron chi connectivity index (χ0n) is 12.1. The van der Waals surface area contributed by atoms with Crippen LogP contribution in [0, 0.1) is 5.92 Å². The zero-order valence-corrected chi connectivity index (χ0v) is 12.9. The fourth-order valence-corrected chi connectivity index (χ4v) is 2.86. The van der Waals surface area contributed by atoms with Crippen molar-refractivity contribution in [2.24, 2.45) is 11.7 Å². The highest BCUT2D eigenvalue weighted by atomic mass is 32.1. The second kappa shape index (κ2) is 7.60. The van der Waals surface area contributed by atoms with Crippen molar-refractivity contribution in [2.75, 3.05) is 13.7 Å². The van der Waals surface area contributed by atoms with E-state index in [4.69, 9.17) is 27.4 Å². The van der Waals surface area contributed by atoms with Crippen LogP contribution in [-0.4, -0.2) is 18.7 Å². The van der Waals surface area contributed by atoms with Gasteiger partial charge < -0.3 is 15.2 Å². The van der Waals surface area contributed by atoms with E-state index < -0.39 is 0 Å². The Morgan fingerprint density at radius 3 is 2.70 bits per heavy atom. The van der Waals surface area contributed by atoms with Crippen LogP contribution in [0.15, 0.2) is 18.2 Å². The first kappa shape index (κ1) is 15.3. The molecule has 1 aromatic rings. The Kier molecular flexibility index (Phi) is 5.80. The molecular formula is C16H23NO2S. The predicted octanol–water partition coefficient (Wildman–Crippen LogP) is 3.43. The summed E-state index contributed by atoms with van der Waals surface area (Å²) in [7, 11) is 1.67. The second-order valence-corrected chi connectivity index (χ2v) is 5.85. The van der Waals surface area contributed by atoms with Crippen molar-refractivity contribution in [3.05, 3.63) is 29.3 Å². The van der Waals surface area contributed by atoms with E-state index in [-0.39, 0.29) is 0 Å². The van der Waals surface area contributed by atoms with Gasteiger partial charge in [-0.05, 0) is 37.0 Å². The van der Waals surface area contributed by atoms with Gasteiger partial charge in [0.1, 0.15) is 10.7 Å². The number of benzene rings is 1. The van der Waals surface area contributed by atoms with Gasteiger partial charge in [0.25, 0.3) is 0 Å². The van der Waals surface area contributed by atoms with Crippen LogP contribution < -0.4 is 10.5 Å². The van der Waals surface area contributed by atoms with Gasteiger partial charge in [-0.3, -0.25) is 0 Å². The molecule has 20 heavy (non-hydrogen) atoms. The molecule has 0 heterocycles. The van der Waals surface area contributed by atoms with E-state index in [1.807, 2.05) is 18.2 Å². The van der Waals surface area contributed by atoms with Crippen LogP contribution in [0.2, 0.25) is 0 Å². The molecule has 0 atom stereocenters. The highest BCUT2D eigenvalue weighted by molar-refractivity contribution is 7.80. The largest absolute Gasteiger partial charge is 0.496 e. The lowest BCUT2D eigenvalue weighted by Gasteiger charge is -2.21. The fourth-order valence-electron chi connectivity index (χ4n) is 2.73. The predicted molar refractivity (Wildman–Crippen MR) is 85.1 cm³/mol. The maximum absolute atomic E-state index is 5.87. The average Bonchev–Trinajstić information content (AvgIpc) is 2.48. The lowest BCUT2D eigenvalue weighted by molar-refractivity contribution is 0.0727. The molecule has 0 radical (unpaired) electrons. The standard InChI is InChI=1S/C16H23NO2S/c1-18-15-8-7-13(16(17)20)9-14(15)11-19-10-12-5-3-2-4-6-12/h7-9,12H,2-6,10-11H2,1H3,(H2,17,20). The molecule has 1 fully saturated rings. The molecular weight excluding hydrogens is 270 g/mol. The molecule has 0 aromatic heterocycles. The van der Waals surface area contributed by atoms with Crippen molar-refractivity contribution in [3.63, 3.8) is 0 Å². The van der Waals surface area contributed by atoms with Crippen LogP contribution in [0.5, 0.6) is 5.75 Å². The zero-order chi connectivity index (χ0) is 14.4. The number of rotatable bonds is 6. The van der Waals surface area contributed by atoms with E-state index in [1.165, 1.54) is 32.1 Å². The van der Waals surface area contributed by atoms with Crippen molar-refractivity contribution in [2.45, 2.75) is 38.7 Å². The number of ether oxygens (including phenoxy) is 2. The summed E-state index contributed by atoms with van der Waals surface area (Å²) in [5.41, 5.74) is 7.54. The van der Waals surface area contributed by atoms with Crippen LogP contribution in [0.1, 0.15) is 43.2 Å². The van der Waals surface area contributed by atoms with E-state index in [0.29, 0.717) is 17.5 Å². The molecule has 0 bridgehead atoms. The van der Waals surface area contributed by atoms with Gasteiger partial charge in [0.05, 0.1) is 13.7 Å². The van der Waals surface area contributed by atoms with Crippen LogP contribution in [0.25, 0.3) is 0 Å². The molecule has 2 rings (SSSR count). The first-order valence-electron chi connectivity index (χ1n) is 7.25. The Morgan fingerprint density at radius 2 is 2.05 bits per heavy atom. The first-order chi connectivity index (χ1) is 9.70. The molecule has 1 aliphatic rings. The van der Waals surface area contributed by atoms with Gasteiger partial charge in [0, 0.05) is 17.7 Å². The van der Waals surface area contributed by atoms with Crippen LogP contribution in [0.3, 0.4) is 0 Å². The summed E-state index contributed by atoms with van der Waals surface area (Å²) in [6, 6.07) is 5.74. The molecule has 1 saturated carbocycles. The van der Waals surface area contributed by atoms with E-state index in [0.717, 1.165) is 23.5 Å². The third-order valence-corrected chi connectivity index (χ3v) is 4.14. The van der Waals surface area contributed by atoms with Gasteiger partial charge in [-0.1, -0.05) is 31.5 Å². The van der Waals surface area contributed by atoms with Gasteiger partial charge in [0.2, 0.25) is 0 Å². The molecule has 3 nitrogen and oxygen atoms in total. The molecule has 1 aliphatic carbocycles. The summed E-state index contributed by atoms with van der Waals surface area (Å²) in [4.78, 5) is 0.404. The van der Waals surface area contributed by atoms with Crippen molar-refractivity contribution < 1.29 is 9.47 Å². The number of hydrogen-bond donors (Lipinski definition) is 1. The first-order valence-corrected chi connectivity index (χ1v) is 7.66. The lowest BCUT2D eigenvalue weighted by atomic mass is 9.90. The lowest BCUT2D eigenvalue weighted by Crippen LogP contribution is -2.14. The summed E-state index contributed by atoms with van der Waals surface area (Å²) in [5, 5.41) is 0. The van der Waals surface area contributed by atoms with Gasteiger partial charge in [-0.15, -0.1) is 0 Å². The Morgan fingerprint density at radius 1 is 1.30 bits per heavy atom.